The van der Waals surface area contributed by atoms with Crippen LogP contribution in [0.1, 0.15) is 40.5 Å². The molecule has 2 atom stereocenters. The standard InChI is InChI=1S/C14H28O6P2/c1-12(2)6-5-7-13(3)8-9-19-10-14(4)20-21(15)11-22(16,17)18/h6,8,14,21H,5,7,9-11H2,1-4H3,(H2,16,17,18). The summed E-state index contributed by atoms with van der Waals surface area (Å²) in [5.74, 6) is -0.717. The smallest absolute Gasteiger partial charge is 0.334 e. The van der Waals surface area contributed by atoms with Crippen LogP contribution in [0.15, 0.2) is 23.3 Å². The van der Waals surface area contributed by atoms with Crippen LogP contribution in [0.25, 0.3) is 0 Å². The molecule has 6 nitrogen and oxygen atoms in total. The fraction of sp³-hybridized carbons (Fsp3) is 0.714. The number of allylic oxidation sites excluding steroid dienone is 3. The molecule has 0 bridgehead atoms. The first kappa shape index (κ1) is 21.8. The molecule has 22 heavy (non-hydrogen) atoms. The predicted molar refractivity (Wildman–Crippen MR) is 89.7 cm³/mol. The minimum atomic E-state index is -4.29. The summed E-state index contributed by atoms with van der Waals surface area (Å²) in [6, 6.07) is 0. The Morgan fingerprint density at radius 2 is 1.91 bits per heavy atom. The third kappa shape index (κ3) is 14.7. The minimum absolute atomic E-state index is 0.231. The summed E-state index contributed by atoms with van der Waals surface area (Å²) in [5.41, 5.74) is 2.54. The highest BCUT2D eigenvalue weighted by molar-refractivity contribution is 7.64. The van der Waals surface area contributed by atoms with E-state index < -0.39 is 27.6 Å². The van der Waals surface area contributed by atoms with Crippen LogP contribution in [0.4, 0.5) is 0 Å². The Hall–Kier alpha value is -0.220. The van der Waals surface area contributed by atoms with E-state index in [4.69, 9.17) is 19.0 Å². The van der Waals surface area contributed by atoms with Gasteiger partial charge in [-0.2, -0.15) is 0 Å². The lowest BCUT2D eigenvalue weighted by Gasteiger charge is -2.13. The zero-order valence-electron chi connectivity index (χ0n) is 13.7. The largest absolute Gasteiger partial charge is 0.375 e. The highest BCUT2D eigenvalue weighted by Crippen LogP contribution is 2.45. The van der Waals surface area contributed by atoms with Crippen molar-refractivity contribution >= 4 is 15.6 Å². The van der Waals surface area contributed by atoms with Crippen LogP contribution < -0.4 is 0 Å². The Morgan fingerprint density at radius 1 is 1.27 bits per heavy atom. The van der Waals surface area contributed by atoms with E-state index in [2.05, 4.69) is 19.9 Å². The van der Waals surface area contributed by atoms with E-state index in [1.165, 1.54) is 11.1 Å². The van der Waals surface area contributed by atoms with Crippen LogP contribution in [0.3, 0.4) is 0 Å². The normalized spacial score (nSPS) is 15.5. The van der Waals surface area contributed by atoms with E-state index in [1.54, 1.807) is 6.92 Å². The van der Waals surface area contributed by atoms with E-state index in [-0.39, 0.29) is 6.61 Å². The van der Waals surface area contributed by atoms with Crippen molar-refractivity contribution in [3.63, 3.8) is 0 Å². The summed E-state index contributed by atoms with van der Waals surface area (Å²) >= 11 is 0. The zero-order chi connectivity index (χ0) is 17.2. The second-order valence-corrected chi connectivity index (χ2v) is 9.11. The van der Waals surface area contributed by atoms with Crippen molar-refractivity contribution in [3.05, 3.63) is 23.3 Å². The first-order chi connectivity index (χ1) is 10.1. The van der Waals surface area contributed by atoms with Gasteiger partial charge >= 0.3 is 7.60 Å². The molecule has 0 fully saturated rings. The third-order valence-corrected chi connectivity index (χ3v) is 6.01. The highest BCUT2D eigenvalue weighted by Gasteiger charge is 2.19. The molecule has 0 aliphatic heterocycles. The van der Waals surface area contributed by atoms with Crippen LogP contribution in [-0.2, 0) is 18.4 Å². The van der Waals surface area contributed by atoms with Gasteiger partial charge in [-0.05, 0) is 40.5 Å². The molecule has 0 aromatic rings. The van der Waals surface area contributed by atoms with Gasteiger partial charge in [0.05, 0.1) is 19.3 Å². The van der Waals surface area contributed by atoms with Crippen LogP contribution >= 0.6 is 15.6 Å². The Kier molecular flexibility index (Phi) is 11.2. The summed E-state index contributed by atoms with van der Waals surface area (Å²) in [5, 5.41) is 0. The minimum Gasteiger partial charge on any atom is -0.375 e. The van der Waals surface area contributed by atoms with E-state index in [0.717, 1.165) is 12.8 Å². The monoisotopic (exact) mass is 354 g/mol. The fourth-order valence-corrected chi connectivity index (χ4v) is 3.75. The summed E-state index contributed by atoms with van der Waals surface area (Å²) in [7, 11) is -7.02. The zero-order valence-corrected chi connectivity index (χ0v) is 15.6. The van der Waals surface area contributed by atoms with Gasteiger partial charge in [-0.25, -0.2) is 0 Å². The van der Waals surface area contributed by atoms with Crippen LogP contribution in [-0.4, -0.2) is 35.0 Å². The van der Waals surface area contributed by atoms with E-state index >= 15 is 0 Å². The Morgan fingerprint density at radius 3 is 2.45 bits per heavy atom. The number of hydrogen-bond acceptors (Lipinski definition) is 4. The number of hydrogen-bond donors (Lipinski definition) is 2. The molecule has 0 spiro atoms. The Labute approximate surface area is 133 Å². The lowest BCUT2D eigenvalue weighted by Crippen LogP contribution is -2.13. The second kappa shape index (κ2) is 11.3. The van der Waals surface area contributed by atoms with Crippen molar-refractivity contribution in [2.24, 2.45) is 0 Å². The SMILES string of the molecule is CC(C)=CCCC(C)=CCOCC(C)O[PH](=O)CP(=O)(O)O. The van der Waals surface area contributed by atoms with Gasteiger partial charge in [0.1, 0.15) is 5.90 Å². The predicted octanol–water partition coefficient (Wildman–Crippen LogP) is 3.71. The number of rotatable bonds is 11. The van der Waals surface area contributed by atoms with Gasteiger partial charge in [0.2, 0.25) is 8.03 Å². The highest BCUT2D eigenvalue weighted by atomic mass is 31.2. The average Bonchev–Trinajstić information content (AvgIpc) is 2.31. The lowest BCUT2D eigenvalue weighted by molar-refractivity contribution is 0.0782. The average molecular weight is 354 g/mol. The van der Waals surface area contributed by atoms with Gasteiger partial charge in [0, 0.05) is 0 Å². The first-order valence-electron chi connectivity index (χ1n) is 7.21. The van der Waals surface area contributed by atoms with Crippen molar-refractivity contribution < 1.29 is 28.2 Å². The second-order valence-electron chi connectivity index (χ2n) is 5.53. The van der Waals surface area contributed by atoms with E-state index in [1.807, 2.05) is 13.0 Å². The molecule has 0 aromatic carbocycles. The molecule has 8 heteroatoms. The van der Waals surface area contributed by atoms with Gasteiger partial charge < -0.3 is 19.0 Å². The summed E-state index contributed by atoms with van der Waals surface area (Å²) < 4.78 is 32.5. The maximum Gasteiger partial charge on any atom is 0.334 e. The third-order valence-electron chi connectivity index (χ3n) is 2.66. The first-order valence-corrected chi connectivity index (χ1v) is 10.5. The Balaban J connectivity index is 3.88. The van der Waals surface area contributed by atoms with Gasteiger partial charge in [0.15, 0.2) is 0 Å². The molecule has 0 aliphatic rings. The van der Waals surface area contributed by atoms with Crippen molar-refractivity contribution in [2.45, 2.75) is 46.6 Å². The molecule has 0 aliphatic carbocycles. The van der Waals surface area contributed by atoms with Gasteiger partial charge in [0.25, 0.3) is 0 Å². The maximum atomic E-state index is 11.4. The summed E-state index contributed by atoms with van der Waals surface area (Å²) in [6.07, 6.45) is 5.71. The van der Waals surface area contributed by atoms with Crippen LogP contribution in [0.5, 0.6) is 0 Å². The van der Waals surface area contributed by atoms with Crippen molar-refractivity contribution in [2.75, 3.05) is 19.1 Å². The quantitative estimate of drug-likeness (QED) is 0.334. The van der Waals surface area contributed by atoms with Crippen molar-refractivity contribution in [1.29, 1.82) is 0 Å². The maximum absolute atomic E-state index is 11.4. The van der Waals surface area contributed by atoms with Gasteiger partial charge in [-0.1, -0.05) is 23.3 Å². The lowest BCUT2D eigenvalue weighted by atomic mass is 10.1. The fourth-order valence-electron chi connectivity index (χ4n) is 1.59. The van der Waals surface area contributed by atoms with Crippen LogP contribution in [0, 0.1) is 0 Å². The van der Waals surface area contributed by atoms with Crippen molar-refractivity contribution in [3.8, 4) is 0 Å². The molecule has 2 unspecified atom stereocenters. The van der Waals surface area contributed by atoms with E-state index in [9.17, 15) is 9.13 Å². The summed E-state index contributed by atoms with van der Waals surface area (Å²) in [6.45, 7) is 8.51. The van der Waals surface area contributed by atoms with Crippen molar-refractivity contribution in [1.82, 2.24) is 0 Å². The van der Waals surface area contributed by atoms with E-state index in [0.29, 0.717) is 6.61 Å². The molecule has 0 heterocycles. The topological polar surface area (TPSA) is 93.1 Å². The molecular weight excluding hydrogens is 326 g/mol. The van der Waals surface area contributed by atoms with Gasteiger partial charge in [-0.3, -0.25) is 9.13 Å². The summed E-state index contributed by atoms with van der Waals surface area (Å²) in [4.78, 5) is 17.4. The number of ether oxygens (including phenoxy) is 1. The molecule has 0 rings (SSSR count). The van der Waals surface area contributed by atoms with Gasteiger partial charge in [-0.15, -0.1) is 0 Å². The molecule has 2 N–H and O–H groups in total. The molecule has 130 valence electrons. The molecular formula is C14H28O6P2. The molecule has 0 saturated heterocycles. The molecule has 0 aromatic heterocycles. The molecule has 0 radical (unpaired) electrons. The molecule has 0 amide bonds. The molecule has 0 saturated carbocycles. The Bertz CT molecular complexity index is 448. The van der Waals surface area contributed by atoms with Crippen LogP contribution in [0.2, 0.25) is 0 Å².